The molecule has 1 aliphatic carbocycles. The Bertz CT molecular complexity index is 576. The molecule has 0 unspecified atom stereocenters. The molecule has 21 heavy (non-hydrogen) atoms. The number of carbonyl (C=O) groups is 3. The summed E-state index contributed by atoms with van der Waals surface area (Å²) in [7, 11) is 0. The van der Waals surface area contributed by atoms with Crippen LogP contribution < -0.4 is 10.6 Å². The number of urea groups is 1. The summed E-state index contributed by atoms with van der Waals surface area (Å²) in [4.78, 5) is 34.3. The summed E-state index contributed by atoms with van der Waals surface area (Å²) in [6.45, 7) is 1.38. The Morgan fingerprint density at radius 2 is 2.00 bits per heavy atom. The first-order valence-corrected chi connectivity index (χ1v) is 6.49. The van der Waals surface area contributed by atoms with E-state index in [1.165, 1.54) is 18.2 Å². The van der Waals surface area contributed by atoms with Gasteiger partial charge in [-0.3, -0.25) is 14.9 Å². The first-order chi connectivity index (χ1) is 9.97. The molecule has 7 heteroatoms. The molecule has 0 aromatic heterocycles. The smallest absolute Gasteiger partial charge is 0.326 e. The molecule has 1 aromatic rings. The van der Waals surface area contributed by atoms with E-state index >= 15 is 0 Å². The van der Waals surface area contributed by atoms with Gasteiger partial charge in [0, 0.05) is 0 Å². The van der Waals surface area contributed by atoms with Crippen LogP contribution in [0.5, 0.6) is 0 Å². The second-order valence-corrected chi connectivity index (χ2v) is 4.91. The van der Waals surface area contributed by atoms with Crippen LogP contribution in [0.4, 0.5) is 14.9 Å². The highest BCUT2D eigenvalue weighted by Crippen LogP contribution is 2.38. The zero-order valence-electron chi connectivity index (χ0n) is 11.4. The van der Waals surface area contributed by atoms with E-state index in [1.807, 2.05) is 12.2 Å². The van der Waals surface area contributed by atoms with Gasteiger partial charge in [0.25, 0.3) is 5.91 Å². The van der Waals surface area contributed by atoms with Gasteiger partial charge in [-0.2, -0.15) is 0 Å². The maximum absolute atomic E-state index is 13.3. The van der Waals surface area contributed by atoms with Gasteiger partial charge in [0.2, 0.25) is 0 Å². The minimum atomic E-state index is -0.888. The molecule has 0 heterocycles. The van der Waals surface area contributed by atoms with Crippen molar-refractivity contribution in [2.24, 2.45) is 11.8 Å². The van der Waals surface area contributed by atoms with Gasteiger partial charge in [-0.1, -0.05) is 19.1 Å². The summed E-state index contributed by atoms with van der Waals surface area (Å²) in [5.41, 5.74) is -0.0494. The summed E-state index contributed by atoms with van der Waals surface area (Å²) in [5.74, 6) is -1.69. The second-order valence-electron chi connectivity index (χ2n) is 4.91. The van der Waals surface area contributed by atoms with E-state index in [9.17, 15) is 18.8 Å². The molecule has 1 saturated carbocycles. The molecule has 2 N–H and O–H groups in total. The Morgan fingerprint density at radius 1 is 1.33 bits per heavy atom. The largest absolute Gasteiger partial charge is 0.455 e. The SMILES string of the molecule is C[C@@H]1C[C@H]1C(=O)OCC(=O)NC(=O)Nc1ccccc1F. The van der Waals surface area contributed by atoms with Gasteiger partial charge >= 0.3 is 12.0 Å². The Kier molecular flexibility index (Phi) is 4.52. The topological polar surface area (TPSA) is 84.5 Å². The van der Waals surface area contributed by atoms with E-state index < -0.39 is 30.3 Å². The fourth-order valence-corrected chi connectivity index (χ4v) is 1.77. The van der Waals surface area contributed by atoms with E-state index in [2.05, 4.69) is 5.32 Å². The van der Waals surface area contributed by atoms with Crippen molar-refractivity contribution in [3.8, 4) is 0 Å². The quantitative estimate of drug-likeness (QED) is 0.827. The molecule has 1 aliphatic rings. The van der Waals surface area contributed by atoms with Crippen LogP contribution in [0.1, 0.15) is 13.3 Å². The third-order valence-corrected chi connectivity index (χ3v) is 3.13. The van der Waals surface area contributed by atoms with Crippen LogP contribution in [0.2, 0.25) is 0 Å². The number of hydrogen-bond acceptors (Lipinski definition) is 4. The highest BCUT2D eigenvalue weighted by atomic mass is 19.1. The fraction of sp³-hybridized carbons (Fsp3) is 0.357. The number of hydrogen-bond donors (Lipinski definition) is 2. The summed E-state index contributed by atoms with van der Waals surface area (Å²) in [6, 6.07) is 4.66. The van der Waals surface area contributed by atoms with Gasteiger partial charge in [0.05, 0.1) is 11.6 Å². The van der Waals surface area contributed by atoms with Crippen LogP contribution in [0.15, 0.2) is 24.3 Å². The standard InChI is InChI=1S/C14H15FN2O4/c1-8-6-9(8)13(19)21-7-12(18)17-14(20)16-11-5-3-2-4-10(11)15/h2-5,8-9H,6-7H2,1H3,(H2,16,17,18,20)/t8-,9-/m1/s1. The van der Waals surface area contributed by atoms with Crippen LogP contribution in [0, 0.1) is 17.7 Å². The van der Waals surface area contributed by atoms with Crippen molar-refractivity contribution in [3.05, 3.63) is 30.1 Å². The number of para-hydroxylation sites is 1. The van der Waals surface area contributed by atoms with Crippen LogP contribution in [0.3, 0.4) is 0 Å². The van der Waals surface area contributed by atoms with Gasteiger partial charge < -0.3 is 10.1 Å². The minimum Gasteiger partial charge on any atom is -0.455 e. The molecular formula is C14H15FN2O4. The van der Waals surface area contributed by atoms with Gasteiger partial charge in [-0.15, -0.1) is 0 Å². The zero-order chi connectivity index (χ0) is 15.4. The average molecular weight is 294 g/mol. The number of amides is 3. The lowest BCUT2D eigenvalue weighted by Gasteiger charge is -2.08. The summed E-state index contributed by atoms with van der Waals surface area (Å²) in [5, 5.41) is 4.13. The van der Waals surface area contributed by atoms with E-state index in [0.29, 0.717) is 0 Å². The number of imide groups is 1. The molecule has 0 saturated heterocycles. The number of nitrogens with one attached hydrogen (secondary N) is 2. The monoisotopic (exact) mass is 294 g/mol. The Balaban J connectivity index is 1.73. The predicted molar refractivity (Wildman–Crippen MR) is 71.8 cm³/mol. The van der Waals surface area contributed by atoms with Crippen molar-refractivity contribution < 1.29 is 23.5 Å². The van der Waals surface area contributed by atoms with Gasteiger partial charge in [-0.25, -0.2) is 9.18 Å². The lowest BCUT2D eigenvalue weighted by Crippen LogP contribution is -2.37. The van der Waals surface area contributed by atoms with E-state index in [-0.39, 0.29) is 17.5 Å². The number of halogens is 1. The molecule has 2 rings (SSSR count). The van der Waals surface area contributed by atoms with Crippen LogP contribution in [0.25, 0.3) is 0 Å². The Morgan fingerprint density at radius 3 is 2.62 bits per heavy atom. The van der Waals surface area contributed by atoms with Crippen LogP contribution in [-0.2, 0) is 14.3 Å². The highest BCUT2D eigenvalue weighted by molar-refractivity contribution is 6.01. The molecule has 0 radical (unpaired) electrons. The van der Waals surface area contributed by atoms with Crippen molar-refractivity contribution in [1.29, 1.82) is 0 Å². The maximum Gasteiger partial charge on any atom is 0.326 e. The fourth-order valence-electron chi connectivity index (χ4n) is 1.77. The molecule has 112 valence electrons. The first-order valence-electron chi connectivity index (χ1n) is 6.49. The third-order valence-electron chi connectivity index (χ3n) is 3.13. The number of ether oxygens (including phenoxy) is 1. The van der Waals surface area contributed by atoms with E-state index in [1.54, 1.807) is 6.07 Å². The van der Waals surface area contributed by atoms with E-state index in [0.717, 1.165) is 6.42 Å². The molecule has 1 fully saturated rings. The van der Waals surface area contributed by atoms with Crippen molar-refractivity contribution in [2.45, 2.75) is 13.3 Å². The number of rotatable bonds is 4. The molecule has 0 spiro atoms. The molecular weight excluding hydrogens is 279 g/mol. The average Bonchev–Trinajstić information content (AvgIpc) is 3.16. The van der Waals surface area contributed by atoms with Gasteiger partial charge in [0.15, 0.2) is 6.61 Å². The molecule has 0 bridgehead atoms. The molecule has 0 aliphatic heterocycles. The Hall–Kier alpha value is -2.44. The normalized spacial score (nSPS) is 19.5. The summed E-state index contributed by atoms with van der Waals surface area (Å²) < 4.78 is 18.0. The molecule has 3 amide bonds. The lowest BCUT2D eigenvalue weighted by atomic mass is 10.3. The van der Waals surface area contributed by atoms with Crippen molar-refractivity contribution in [3.63, 3.8) is 0 Å². The second kappa shape index (κ2) is 6.34. The van der Waals surface area contributed by atoms with Crippen molar-refractivity contribution in [2.75, 3.05) is 11.9 Å². The number of benzene rings is 1. The summed E-state index contributed by atoms with van der Waals surface area (Å²) in [6.07, 6.45) is 0.758. The summed E-state index contributed by atoms with van der Waals surface area (Å²) >= 11 is 0. The number of anilines is 1. The molecule has 2 atom stereocenters. The zero-order valence-corrected chi connectivity index (χ0v) is 11.4. The number of esters is 1. The van der Waals surface area contributed by atoms with Gasteiger partial charge in [-0.05, 0) is 24.5 Å². The predicted octanol–water partition coefficient (Wildman–Crippen LogP) is 1.67. The molecule has 6 nitrogen and oxygen atoms in total. The first kappa shape index (κ1) is 15.0. The third kappa shape index (κ3) is 4.27. The minimum absolute atomic E-state index is 0.0494. The van der Waals surface area contributed by atoms with Crippen LogP contribution >= 0.6 is 0 Å². The Labute approximate surface area is 120 Å². The van der Waals surface area contributed by atoms with Gasteiger partial charge in [0.1, 0.15) is 5.82 Å². The van der Waals surface area contributed by atoms with Crippen molar-refractivity contribution >= 4 is 23.6 Å². The molecule has 1 aromatic carbocycles. The van der Waals surface area contributed by atoms with Crippen LogP contribution in [-0.4, -0.2) is 24.5 Å². The van der Waals surface area contributed by atoms with E-state index in [4.69, 9.17) is 4.74 Å². The highest BCUT2D eigenvalue weighted by Gasteiger charge is 2.40. The maximum atomic E-state index is 13.3. The number of carbonyl (C=O) groups excluding carboxylic acids is 3. The lowest BCUT2D eigenvalue weighted by molar-refractivity contribution is -0.149. The van der Waals surface area contributed by atoms with Crippen molar-refractivity contribution in [1.82, 2.24) is 5.32 Å².